The van der Waals surface area contributed by atoms with Gasteiger partial charge in [-0.15, -0.1) is 0 Å². The van der Waals surface area contributed by atoms with Gasteiger partial charge in [-0.25, -0.2) is 9.97 Å². The number of methoxy groups -OCH3 is 1. The Balaban J connectivity index is 1.74. The van der Waals surface area contributed by atoms with E-state index < -0.39 is 0 Å². The zero-order valence-corrected chi connectivity index (χ0v) is 14.9. The Morgan fingerprint density at radius 2 is 1.84 bits per heavy atom. The number of ether oxygens (including phenoxy) is 1. The van der Waals surface area contributed by atoms with E-state index in [9.17, 15) is 4.79 Å². The number of rotatable bonds is 5. The highest BCUT2D eigenvalue weighted by Crippen LogP contribution is 2.24. The van der Waals surface area contributed by atoms with Crippen molar-refractivity contribution in [2.24, 2.45) is 0 Å². The van der Waals surface area contributed by atoms with Crippen LogP contribution in [0.4, 0.5) is 17.2 Å². The fraction of sp³-hybridized carbons (Fsp3) is 0.0556. The van der Waals surface area contributed by atoms with Crippen molar-refractivity contribution < 1.29 is 9.53 Å². The van der Waals surface area contributed by atoms with Crippen molar-refractivity contribution in [1.29, 1.82) is 0 Å². The fourth-order valence-electron chi connectivity index (χ4n) is 2.12. The normalized spacial score (nSPS) is 10.2. The number of nitrogens with one attached hydrogen (secondary N) is 2. The van der Waals surface area contributed by atoms with Crippen LogP contribution < -0.4 is 15.4 Å². The number of aromatic nitrogens is 2. The number of halogens is 1. The van der Waals surface area contributed by atoms with Crippen molar-refractivity contribution in [3.05, 3.63) is 71.1 Å². The summed E-state index contributed by atoms with van der Waals surface area (Å²) in [5.74, 6) is 0.935. The Kier molecular flexibility index (Phi) is 5.25. The first kappa shape index (κ1) is 16.9. The quantitative estimate of drug-likeness (QED) is 0.671. The summed E-state index contributed by atoms with van der Waals surface area (Å²) >= 11 is 3.46. The first-order chi connectivity index (χ1) is 12.2. The molecule has 1 heterocycles. The molecule has 0 atom stereocenters. The lowest BCUT2D eigenvalue weighted by molar-refractivity contribution is 0.102. The molecule has 0 saturated carbocycles. The number of hydrogen-bond donors (Lipinski definition) is 2. The molecule has 2 aromatic carbocycles. The average molecular weight is 399 g/mol. The molecule has 0 radical (unpaired) electrons. The highest BCUT2D eigenvalue weighted by Gasteiger charge is 2.10. The average Bonchev–Trinajstić information content (AvgIpc) is 2.64. The fourth-order valence-corrected chi connectivity index (χ4v) is 2.50. The Morgan fingerprint density at radius 1 is 1.08 bits per heavy atom. The van der Waals surface area contributed by atoms with Crippen LogP contribution in [0.25, 0.3) is 0 Å². The van der Waals surface area contributed by atoms with E-state index in [1.54, 1.807) is 37.4 Å². The van der Waals surface area contributed by atoms with Gasteiger partial charge in [0.25, 0.3) is 5.91 Å². The molecule has 0 spiro atoms. The second-order valence-electron chi connectivity index (χ2n) is 5.08. The molecule has 1 amide bonds. The third-order valence-corrected chi connectivity index (χ3v) is 4.08. The molecule has 7 heteroatoms. The number of amides is 1. The highest BCUT2D eigenvalue weighted by molar-refractivity contribution is 9.10. The largest absolute Gasteiger partial charge is 0.497 e. The van der Waals surface area contributed by atoms with E-state index in [4.69, 9.17) is 4.74 Å². The van der Waals surface area contributed by atoms with Crippen LogP contribution in [0.5, 0.6) is 5.75 Å². The maximum Gasteiger partial charge on any atom is 0.274 e. The highest BCUT2D eigenvalue weighted by atomic mass is 79.9. The van der Waals surface area contributed by atoms with Crippen LogP contribution in [-0.2, 0) is 0 Å². The van der Waals surface area contributed by atoms with Gasteiger partial charge in [-0.2, -0.15) is 0 Å². The SMILES string of the molecule is COc1ccc(NC(=O)c2cc(Nc3ccccc3Br)ncn2)cc1. The molecule has 25 heavy (non-hydrogen) atoms. The molecule has 0 unspecified atom stereocenters. The Labute approximate surface area is 153 Å². The van der Waals surface area contributed by atoms with Gasteiger partial charge in [-0.1, -0.05) is 12.1 Å². The van der Waals surface area contributed by atoms with E-state index in [-0.39, 0.29) is 11.6 Å². The summed E-state index contributed by atoms with van der Waals surface area (Å²) in [4.78, 5) is 20.6. The molecule has 3 aromatic rings. The summed E-state index contributed by atoms with van der Waals surface area (Å²) in [6, 6.07) is 16.3. The molecule has 3 rings (SSSR count). The molecule has 0 aliphatic carbocycles. The number of nitrogens with zero attached hydrogens (tertiary/aromatic N) is 2. The van der Waals surface area contributed by atoms with Gasteiger partial charge in [0.15, 0.2) is 0 Å². The number of carbonyl (C=O) groups is 1. The Morgan fingerprint density at radius 3 is 2.56 bits per heavy atom. The van der Waals surface area contributed by atoms with Crippen LogP contribution >= 0.6 is 15.9 Å². The number of hydrogen-bond acceptors (Lipinski definition) is 5. The Hall–Kier alpha value is -2.93. The molecule has 6 nitrogen and oxygen atoms in total. The lowest BCUT2D eigenvalue weighted by atomic mass is 10.2. The minimum absolute atomic E-state index is 0.264. The smallest absolute Gasteiger partial charge is 0.274 e. The van der Waals surface area contributed by atoms with E-state index in [0.717, 1.165) is 15.9 Å². The lowest BCUT2D eigenvalue weighted by Crippen LogP contribution is -2.14. The predicted octanol–water partition coefficient (Wildman–Crippen LogP) is 4.24. The maximum absolute atomic E-state index is 12.4. The summed E-state index contributed by atoms with van der Waals surface area (Å²) in [6.45, 7) is 0. The van der Waals surface area contributed by atoms with Crippen LogP contribution in [0, 0.1) is 0 Å². The molecular weight excluding hydrogens is 384 g/mol. The zero-order valence-electron chi connectivity index (χ0n) is 13.4. The van der Waals surface area contributed by atoms with Crippen molar-refractivity contribution in [2.75, 3.05) is 17.7 Å². The summed E-state index contributed by atoms with van der Waals surface area (Å²) in [5, 5.41) is 5.94. The first-order valence-electron chi connectivity index (χ1n) is 7.45. The van der Waals surface area contributed by atoms with Gasteiger partial charge in [0.05, 0.1) is 12.8 Å². The minimum Gasteiger partial charge on any atom is -0.497 e. The molecule has 0 aliphatic heterocycles. The molecule has 126 valence electrons. The van der Waals surface area contributed by atoms with E-state index in [2.05, 4.69) is 36.5 Å². The van der Waals surface area contributed by atoms with Gasteiger partial charge in [-0.05, 0) is 52.3 Å². The summed E-state index contributed by atoms with van der Waals surface area (Å²) in [7, 11) is 1.59. The van der Waals surface area contributed by atoms with E-state index >= 15 is 0 Å². The number of benzene rings is 2. The van der Waals surface area contributed by atoms with Gasteiger partial charge in [-0.3, -0.25) is 4.79 Å². The summed E-state index contributed by atoms with van der Waals surface area (Å²) in [5.41, 5.74) is 1.77. The second-order valence-corrected chi connectivity index (χ2v) is 5.93. The third-order valence-electron chi connectivity index (χ3n) is 3.38. The van der Waals surface area contributed by atoms with Crippen LogP contribution in [-0.4, -0.2) is 23.0 Å². The lowest BCUT2D eigenvalue weighted by Gasteiger charge is -2.09. The zero-order chi connectivity index (χ0) is 17.6. The Bertz CT molecular complexity index is 884. The first-order valence-corrected chi connectivity index (χ1v) is 8.24. The van der Waals surface area contributed by atoms with Crippen LogP contribution in [0.2, 0.25) is 0 Å². The van der Waals surface area contributed by atoms with E-state index in [1.165, 1.54) is 6.33 Å². The molecule has 2 N–H and O–H groups in total. The van der Waals surface area contributed by atoms with Crippen molar-refractivity contribution in [2.45, 2.75) is 0 Å². The standard InChI is InChI=1S/C18H15BrN4O2/c1-25-13-8-6-12(7-9-13)22-18(24)16-10-17(21-11-20-16)23-15-5-3-2-4-14(15)19/h2-11H,1H3,(H,22,24)(H,20,21,23). The van der Waals surface area contributed by atoms with Gasteiger partial charge >= 0.3 is 0 Å². The van der Waals surface area contributed by atoms with Crippen LogP contribution in [0.3, 0.4) is 0 Å². The molecule has 0 fully saturated rings. The molecule has 0 bridgehead atoms. The van der Waals surface area contributed by atoms with E-state index in [1.807, 2.05) is 24.3 Å². The van der Waals surface area contributed by atoms with Gasteiger partial charge in [0, 0.05) is 16.2 Å². The third kappa shape index (κ3) is 4.33. The van der Waals surface area contributed by atoms with Crippen molar-refractivity contribution >= 4 is 39.0 Å². The number of carbonyl (C=O) groups excluding carboxylic acids is 1. The van der Waals surface area contributed by atoms with Crippen LogP contribution in [0.15, 0.2) is 65.4 Å². The van der Waals surface area contributed by atoms with E-state index in [0.29, 0.717) is 11.5 Å². The summed E-state index contributed by atoms with van der Waals surface area (Å²) < 4.78 is 6.00. The molecule has 0 saturated heterocycles. The molecule has 1 aromatic heterocycles. The van der Waals surface area contributed by atoms with Crippen molar-refractivity contribution in [3.63, 3.8) is 0 Å². The molecular formula is C18H15BrN4O2. The maximum atomic E-state index is 12.4. The summed E-state index contributed by atoms with van der Waals surface area (Å²) in [6.07, 6.45) is 1.35. The van der Waals surface area contributed by atoms with Crippen LogP contribution in [0.1, 0.15) is 10.5 Å². The monoisotopic (exact) mass is 398 g/mol. The number of anilines is 3. The van der Waals surface area contributed by atoms with Gasteiger partial charge < -0.3 is 15.4 Å². The topological polar surface area (TPSA) is 76.1 Å². The number of para-hydroxylation sites is 1. The molecule has 0 aliphatic rings. The van der Waals surface area contributed by atoms with Gasteiger partial charge in [0.2, 0.25) is 0 Å². The van der Waals surface area contributed by atoms with Crippen molar-refractivity contribution in [3.8, 4) is 5.75 Å². The van der Waals surface area contributed by atoms with Crippen molar-refractivity contribution in [1.82, 2.24) is 9.97 Å². The minimum atomic E-state index is -0.317. The second kappa shape index (κ2) is 7.76. The van der Waals surface area contributed by atoms with Gasteiger partial charge in [0.1, 0.15) is 23.6 Å². The predicted molar refractivity (Wildman–Crippen MR) is 100 cm³/mol.